The molecule has 1 heterocycles. The zero-order valence-corrected chi connectivity index (χ0v) is 16.9. The number of rotatable bonds is 4. The van der Waals surface area contributed by atoms with Gasteiger partial charge in [-0.15, -0.1) is 0 Å². The molecule has 1 amide bonds. The zero-order chi connectivity index (χ0) is 19.5. The van der Waals surface area contributed by atoms with Crippen molar-refractivity contribution in [2.45, 2.75) is 64.2 Å². The van der Waals surface area contributed by atoms with Crippen molar-refractivity contribution in [2.24, 2.45) is 0 Å². The lowest BCUT2D eigenvalue weighted by atomic mass is 9.91. The smallest absolute Gasteiger partial charge is 0.258 e. The Bertz CT molecular complexity index is 822. The summed E-state index contributed by atoms with van der Waals surface area (Å²) in [5.74, 6) is 0.127. The number of nitrogens with zero attached hydrogens (tertiary/aromatic N) is 2. The van der Waals surface area contributed by atoms with E-state index < -0.39 is 0 Å². The van der Waals surface area contributed by atoms with Crippen molar-refractivity contribution in [1.29, 1.82) is 0 Å². The maximum absolute atomic E-state index is 13.6. The van der Waals surface area contributed by atoms with Crippen LogP contribution in [0.2, 0.25) is 0 Å². The highest BCUT2D eigenvalue weighted by Gasteiger charge is 2.40. The molecule has 0 spiro atoms. The van der Waals surface area contributed by atoms with Gasteiger partial charge in [-0.25, -0.2) is 0 Å². The van der Waals surface area contributed by atoms with E-state index in [4.69, 9.17) is 0 Å². The van der Waals surface area contributed by atoms with Gasteiger partial charge in [0.2, 0.25) is 0 Å². The molecular weight excluding hydrogens is 344 g/mol. The van der Waals surface area contributed by atoms with Gasteiger partial charge in [0.25, 0.3) is 5.91 Å². The Labute approximate surface area is 168 Å². The van der Waals surface area contributed by atoms with Gasteiger partial charge in [-0.1, -0.05) is 79.9 Å². The second-order valence-electron chi connectivity index (χ2n) is 8.24. The van der Waals surface area contributed by atoms with E-state index >= 15 is 0 Å². The largest absolute Gasteiger partial charge is 0.350 e. The molecule has 2 aliphatic rings. The van der Waals surface area contributed by atoms with Gasteiger partial charge in [-0.05, 0) is 37.8 Å². The van der Waals surface area contributed by atoms with E-state index in [1.54, 1.807) is 0 Å². The summed E-state index contributed by atoms with van der Waals surface area (Å²) in [6.07, 6.45) is 8.38. The van der Waals surface area contributed by atoms with Crippen LogP contribution in [-0.2, 0) is 4.79 Å². The van der Waals surface area contributed by atoms with Gasteiger partial charge in [0, 0.05) is 18.3 Å². The molecule has 28 heavy (non-hydrogen) atoms. The molecule has 4 rings (SSSR count). The van der Waals surface area contributed by atoms with Crippen LogP contribution in [0, 0.1) is 0 Å². The van der Waals surface area contributed by atoms with Crippen LogP contribution < -0.4 is 0 Å². The lowest BCUT2D eigenvalue weighted by Gasteiger charge is -2.49. The van der Waals surface area contributed by atoms with Crippen molar-refractivity contribution in [3.05, 3.63) is 78.0 Å². The summed E-state index contributed by atoms with van der Waals surface area (Å²) in [5.41, 5.74) is 3.01. The first-order valence-corrected chi connectivity index (χ1v) is 10.6. The summed E-state index contributed by atoms with van der Waals surface area (Å²) in [4.78, 5) is 18.2. The predicted octanol–water partition coefficient (Wildman–Crippen LogP) is 5.61. The van der Waals surface area contributed by atoms with Crippen LogP contribution in [0.1, 0.15) is 63.2 Å². The average Bonchev–Trinajstić information content (AvgIpc) is 2.75. The van der Waals surface area contributed by atoms with Crippen LogP contribution >= 0.6 is 0 Å². The molecule has 1 aliphatic carbocycles. The Kier molecular flexibility index (Phi) is 5.52. The van der Waals surface area contributed by atoms with E-state index in [-0.39, 0.29) is 18.1 Å². The minimum absolute atomic E-state index is 0.0377. The molecule has 0 aromatic heterocycles. The highest BCUT2D eigenvalue weighted by Crippen LogP contribution is 2.40. The van der Waals surface area contributed by atoms with Crippen molar-refractivity contribution < 1.29 is 4.79 Å². The molecule has 2 aromatic rings. The van der Waals surface area contributed by atoms with Crippen LogP contribution in [0.25, 0.3) is 5.57 Å². The van der Waals surface area contributed by atoms with Crippen molar-refractivity contribution in [2.75, 3.05) is 0 Å². The van der Waals surface area contributed by atoms with E-state index in [0.717, 1.165) is 11.1 Å². The number of amides is 1. The topological polar surface area (TPSA) is 23.6 Å². The Hall–Kier alpha value is -2.55. The van der Waals surface area contributed by atoms with Gasteiger partial charge in [-0.2, -0.15) is 0 Å². The Balaban J connectivity index is 1.84. The molecule has 0 saturated heterocycles. The highest BCUT2D eigenvalue weighted by molar-refractivity contribution is 6.20. The maximum Gasteiger partial charge on any atom is 0.258 e. The second kappa shape index (κ2) is 8.22. The molecule has 1 fully saturated rings. The average molecular weight is 375 g/mol. The first-order chi connectivity index (χ1) is 13.7. The molecule has 0 bridgehead atoms. The monoisotopic (exact) mass is 374 g/mol. The second-order valence-corrected chi connectivity index (χ2v) is 8.24. The minimum Gasteiger partial charge on any atom is -0.350 e. The third-order valence-corrected chi connectivity index (χ3v) is 6.02. The molecule has 1 aliphatic heterocycles. The van der Waals surface area contributed by atoms with Gasteiger partial charge in [0.15, 0.2) is 0 Å². The Morgan fingerprint density at radius 1 is 0.857 bits per heavy atom. The quantitative estimate of drug-likeness (QED) is 0.694. The molecule has 1 unspecified atom stereocenters. The number of hydrogen-bond acceptors (Lipinski definition) is 2. The SMILES string of the molecule is CC(C)N1C(=O)C(c2ccccc2)=CN(C2CCCCC2)C1c1ccccc1. The highest BCUT2D eigenvalue weighted by atomic mass is 16.2. The molecule has 0 radical (unpaired) electrons. The van der Waals surface area contributed by atoms with Gasteiger partial charge in [-0.3, -0.25) is 4.79 Å². The van der Waals surface area contributed by atoms with E-state index in [1.807, 2.05) is 36.4 Å². The number of benzene rings is 2. The van der Waals surface area contributed by atoms with E-state index in [9.17, 15) is 4.79 Å². The van der Waals surface area contributed by atoms with Gasteiger partial charge in [0.05, 0.1) is 5.57 Å². The molecule has 146 valence electrons. The zero-order valence-electron chi connectivity index (χ0n) is 16.9. The molecule has 2 aromatic carbocycles. The Morgan fingerprint density at radius 2 is 1.46 bits per heavy atom. The summed E-state index contributed by atoms with van der Waals surface area (Å²) in [6.45, 7) is 4.25. The summed E-state index contributed by atoms with van der Waals surface area (Å²) < 4.78 is 0. The Morgan fingerprint density at radius 3 is 2.07 bits per heavy atom. The number of hydrogen-bond donors (Lipinski definition) is 0. The van der Waals surface area contributed by atoms with Crippen LogP contribution in [0.5, 0.6) is 0 Å². The number of carbonyl (C=O) groups excluding carboxylic acids is 1. The summed E-state index contributed by atoms with van der Waals surface area (Å²) in [6, 6.07) is 21.2. The summed E-state index contributed by atoms with van der Waals surface area (Å²) in [7, 11) is 0. The summed E-state index contributed by atoms with van der Waals surface area (Å²) in [5, 5.41) is 0. The van der Waals surface area contributed by atoms with E-state index in [1.165, 1.54) is 37.7 Å². The van der Waals surface area contributed by atoms with Crippen LogP contribution in [0.3, 0.4) is 0 Å². The van der Waals surface area contributed by atoms with Crippen molar-refractivity contribution in [3.63, 3.8) is 0 Å². The molecule has 3 nitrogen and oxygen atoms in total. The predicted molar refractivity (Wildman–Crippen MR) is 114 cm³/mol. The lowest BCUT2D eigenvalue weighted by Crippen LogP contribution is -2.53. The lowest BCUT2D eigenvalue weighted by molar-refractivity contribution is -0.136. The van der Waals surface area contributed by atoms with Gasteiger partial charge >= 0.3 is 0 Å². The third-order valence-electron chi connectivity index (χ3n) is 6.02. The van der Waals surface area contributed by atoms with E-state index in [2.05, 4.69) is 54.1 Å². The fourth-order valence-corrected chi connectivity index (χ4v) is 4.64. The fraction of sp³-hybridized carbons (Fsp3) is 0.400. The molecule has 0 N–H and O–H groups in total. The fourth-order valence-electron chi connectivity index (χ4n) is 4.64. The normalized spacial score (nSPS) is 21.2. The van der Waals surface area contributed by atoms with Gasteiger partial charge in [0.1, 0.15) is 6.17 Å². The van der Waals surface area contributed by atoms with Crippen LogP contribution in [-0.4, -0.2) is 27.8 Å². The standard InChI is InChI=1S/C25H30N2O/c1-19(2)27-24(21-14-8-4-9-15-21)26(22-16-10-5-11-17-22)18-23(25(27)28)20-12-6-3-7-13-20/h3-4,6-9,12-15,18-19,22,24H,5,10-11,16-17H2,1-2H3. The van der Waals surface area contributed by atoms with Crippen molar-refractivity contribution >= 4 is 11.5 Å². The molecule has 1 saturated carbocycles. The maximum atomic E-state index is 13.6. The van der Waals surface area contributed by atoms with Crippen LogP contribution in [0.15, 0.2) is 66.9 Å². The molecule has 3 heteroatoms. The first-order valence-electron chi connectivity index (χ1n) is 10.6. The molecular formula is C25H30N2O. The first kappa shape index (κ1) is 18.8. The van der Waals surface area contributed by atoms with Gasteiger partial charge < -0.3 is 9.80 Å². The van der Waals surface area contributed by atoms with Crippen molar-refractivity contribution in [3.8, 4) is 0 Å². The van der Waals surface area contributed by atoms with Crippen LogP contribution in [0.4, 0.5) is 0 Å². The minimum atomic E-state index is -0.0377. The molecule has 1 atom stereocenters. The van der Waals surface area contributed by atoms with E-state index in [0.29, 0.717) is 6.04 Å². The summed E-state index contributed by atoms with van der Waals surface area (Å²) >= 11 is 0. The van der Waals surface area contributed by atoms with Crippen molar-refractivity contribution in [1.82, 2.24) is 9.80 Å². The number of carbonyl (C=O) groups is 1. The third kappa shape index (κ3) is 3.58.